The van der Waals surface area contributed by atoms with E-state index in [1.807, 2.05) is 0 Å². The van der Waals surface area contributed by atoms with Crippen molar-refractivity contribution in [3.05, 3.63) is 34.9 Å². The van der Waals surface area contributed by atoms with Crippen molar-refractivity contribution in [3.8, 4) is 0 Å². The minimum Gasteiger partial charge on any atom is -0.328 e. The molecule has 0 spiro atoms. The van der Waals surface area contributed by atoms with Gasteiger partial charge < -0.3 is 16.0 Å². The van der Waals surface area contributed by atoms with Crippen molar-refractivity contribution in [1.29, 1.82) is 0 Å². The third-order valence-corrected chi connectivity index (χ3v) is 4.07. The quantitative estimate of drug-likeness (QED) is 0.776. The lowest BCUT2D eigenvalue weighted by Crippen LogP contribution is -2.32. The number of carbonyl (C=O) groups is 1. The molecule has 21 heavy (non-hydrogen) atoms. The maximum absolute atomic E-state index is 12.3. The SMILES string of the molecule is NC1CCC(C(=O)Nc2cccc3c(=O)[nH]cnc23)CC1. The predicted molar refractivity (Wildman–Crippen MR) is 80.9 cm³/mol. The number of nitrogens with one attached hydrogen (secondary N) is 2. The van der Waals surface area contributed by atoms with Gasteiger partial charge in [0.05, 0.1) is 17.4 Å². The summed E-state index contributed by atoms with van der Waals surface area (Å²) < 4.78 is 0. The molecular weight excluding hydrogens is 268 g/mol. The number of fused-ring (bicyclic) bond motifs is 1. The van der Waals surface area contributed by atoms with Crippen LogP contribution in [0.4, 0.5) is 5.69 Å². The molecule has 0 bridgehead atoms. The molecule has 1 fully saturated rings. The van der Waals surface area contributed by atoms with Crippen LogP contribution in [0.5, 0.6) is 0 Å². The number of anilines is 1. The van der Waals surface area contributed by atoms with Crippen LogP contribution < -0.4 is 16.6 Å². The first kappa shape index (κ1) is 13.8. The number of para-hydroxylation sites is 1. The smallest absolute Gasteiger partial charge is 0.258 e. The van der Waals surface area contributed by atoms with Gasteiger partial charge in [0, 0.05) is 12.0 Å². The van der Waals surface area contributed by atoms with Crippen LogP contribution in [-0.2, 0) is 4.79 Å². The van der Waals surface area contributed by atoms with Gasteiger partial charge in [0.25, 0.3) is 5.56 Å². The molecular formula is C15H18N4O2. The zero-order valence-corrected chi connectivity index (χ0v) is 11.6. The molecule has 0 atom stereocenters. The van der Waals surface area contributed by atoms with E-state index in [-0.39, 0.29) is 23.4 Å². The van der Waals surface area contributed by atoms with Gasteiger partial charge in [-0.05, 0) is 37.8 Å². The van der Waals surface area contributed by atoms with Crippen LogP contribution in [0, 0.1) is 5.92 Å². The first-order valence-electron chi connectivity index (χ1n) is 7.18. The van der Waals surface area contributed by atoms with Crippen molar-refractivity contribution in [3.63, 3.8) is 0 Å². The Bertz CT molecular complexity index is 717. The second-order valence-corrected chi connectivity index (χ2v) is 5.53. The number of rotatable bonds is 2. The second-order valence-electron chi connectivity index (χ2n) is 5.53. The zero-order chi connectivity index (χ0) is 14.8. The van der Waals surface area contributed by atoms with E-state index in [2.05, 4.69) is 15.3 Å². The van der Waals surface area contributed by atoms with Crippen molar-refractivity contribution in [2.24, 2.45) is 11.7 Å². The summed E-state index contributed by atoms with van der Waals surface area (Å²) in [6, 6.07) is 5.41. The summed E-state index contributed by atoms with van der Waals surface area (Å²) in [5.74, 6) is -0.0291. The Balaban J connectivity index is 1.83. The average molecular weight is 286 g/mol. The van der Waals surface area contributed by atoms with Gasteiger partial charge >= 0.3 is 0 Å². The summed E-state index contributed by atoms with van der Waals surface area (Å²) in [6.45, 7) is 0. The van der Waals surface area contributed by atoms with Crippen molar-refractivity contribution in [2.45, 2.75) is 31.7 Å². The standard InChI is InChI=1S/C15H18N4O2/c16-10-6-4-9(5-7-10)14(20)19-12-3-1-2-11-13(12)17-8-18-15(11)21/h1-3,8-10H,4-7,16H2,(H,19,20)(H,17,18,21). The summed E-state index contributed by atoms with van der Waals surface area (Å²) in [7, 11) is 0. The van der Waals surface area contributed by atoms with E-state index in [9.17, 15) is 9.59 Å². The summed E-state index contributed by atoms with van der Waals surface area (Å²) >= 11 is 0. The van der Waals surface area contributed by atoms with Crippen LogP contribution >= 0.6 is 0 Å². The molecule has 0 aliphatic heterocycles. The number of H-pyrrole nitrogens is 1. The largest absolute Gasteiger partial charge is 0.328 e. The minimum atomic E-state index is -0.209. The van der Waals surface area contributed by atoms with Gasteiger partial charge in [0.15, 0.2) is 0 Å². The average Bonchev–Trinajstić information content (AvgIpc) is 2.49. The first-order chi connectivity index (χ1) is 10.1. The Hall–Kier alpha value is -2.21. The maximum Gasteiger partial charge on any atom is 0.258 e. The number of hydrogen-bond donors (Lipinski definition) is 3. The first-order valence-corrected chi connectivity index (χ1v) is 7.18. The van der Waals surface area contributed by atoms with Gasteiger partial charge in [-0.25, -0.2) is 4.98 Å². The topological polar surface area (TPSA) is 101 Å². The highest BCUT2D eigenvalue weighted by Crippen LogP contribution is 2.25. The molecule has 1 amide bonds. The van der Waals surface area contributed by atoms with Crippen molar-refractivity contribution < 1.29 is 4.79 Å². The van der Waals surface area contributed by atoms with Crippen LogP contribution in [0.15, 0.2) is 29.3 Å². The van der Waals surface area contributed by atoms with Gasteiger partial charge in [-0.3, -0.25) is 9.59 Å². The maximum atomic E-state index is 12.3. The molecule has 1 heterocycles. The molecule has 4 N–H and O–H groups in total. The molecule has 1 aromatic carbocycles. The molecule has 110 valence electrons. The molecule has 1 saturated carbocycles. The van der Waals surface area contributed by atoms with E-state index in [1.165, 1.54) is 6.33 Å². The fourth-order valence-corrected chi connectivity index (χ4v) is 2.82. The molecule has 1 aliphatic rings. The van der Waals surface area contributed by atoms with E-state index >= 15 is 0 Å². The van der Waals surface area contributed by atoms with Crippen molar-refractivity contribution in [1.82, 2.24) is 9.97 Å². The molecule has 0 radical (unpaired) electrons. The van der Waals surface area contributed by atoms with Gasteiger partial charge in [0.1, 0.15) is 5.52 Å². The number of hydrogen-bond acceptors (Lipinski definition) is 4. The van der Waals surface area contributed by atoms with Gasteiger partial charge in [-0.1, -0.05) is 6.07 Å². The Labute approximate surface area is 121 Å². The molecule has 2 aromatic rings. The highest BCUT2D eigenvalue weighted by molar-refractivity contribution is 6.00. The fourth-order valence-electron chi connectivity index (χ4n) is 2.82. The van der Waals surface area contributed by atoms with E-state index < -0.39 is 0 Å². The molecule has 3 rings (SSSR count). The van der Waals surface area contributed by atoms with Crippen LogP contribution in [0.25, 0.3) is 10.9 Å². The van der Waals surface area contributed by atoms with Crippen molar-refractivity contribution >= 4 is 22.5 Å². The van der Waals surface area contributed by atoms with Crippen LogP contribution in [0.1, 0.15) is 25.7 Å². The van der Waals surface area contributed by atoms with Gasteiger partial charge in [-0.15, -0.1) is 0 Å². The predicted octanol–water partition coefficient (Wildman–Crippen LogP) is 1.38. The molecule has 6 heteroatoms. The minimum absolute atomic E-state index is 0.0120. The van der Waals surface area contributed by atoms with E-state index in [1.54, 1.807) is 18.2 Å². The lowest BCUT2D eigenvalue weighted by Gasteiger charge is -2.25. The van der Waals surface area contributed by atoms with Gasteiger partial charge in [0.2, 0.25) is 5.91 Å². The number of aromatic amines is 1. The highest BCUT2D eigenvalue weighted by Gasteiger charge is 2.25. The number of amides is 1. The van der Waals surface area contributed by atoms with Crippen molar-refractivity contribution in [2.75, 3.05) is 5.32 Å². The molecule has 6 nitrogen and oxygen atoms in total. The van der Waals surface area contributed by atoms with Gasteiger partial charge in [-0.2, -0.15) is 0 Å². The Kier molecular flexibility index (Phi) is 3.70. The molecule has 1 aliphatic carbocycles. The van der Waals surface area contributed by atoms with E-state index in [0.717, 1.165) is 25.7 Å². The summed E-state index contributed by atoms with van der Waals surface area (Å²) in [5, 5.41) is 3.37. The monoisotopic (exact) mass is 286 g/mol. The van der Waals surface area contributed by atoms with Crippen LogP contribution in [0.3, 0.4) is 0 Å². The molecule has 0 unspecified atom stereocenters. The van der Waals surface area contributed by atoms with E-state index in [0.29, 0.717) is 16.6 Å². The lowest BCUT2D eigenvalue weighted by atomic mass is 9.86. The number of nitrogens with zero attached hydrogens (tertiary/aromatic N) is 1. The molecule has 0 saturated heterocycles. The molecule has 1 aromatic heterocycles. The van der Waals surface area contributed by atoms with Crippen LogP contribution in [-0.4, -0.2) is 21.9 Å². The Morgan fingerprint density at radius 1 is 1.29 bits per heavy atom. The second kappa shape index (κ2) is 5.65. The summed E-state index contributed by atoms with van der Waals surface area (Å²) in [4.78, 5) is 30.8. The summed E-state index contributed by atoms with van der Waals surface area (Å²) in [6.07, 6.45) is 4.73. The Morgan fingerprint density at radius 3 is 2.81 bits per heavy atom. The fraction of sp³-hybridized carbons (Fsp3) is 0.400. The summed E-state index contributed by atoms with van der Waals surface area (Å²) in [5.41, 5.74) is 6.75. The zero-order valence-electron chi connectivity index (χ0n) is 11.6. The normalized spacial score (nSPS) is 22.1. The third-order valence-electron chi connectivity index (χ3n) is 4.07. The Morgan fingerprint density at radius 2 is 2.05 bits per heavy atom. The number of benzene rings is 1. The number of aromatic nitrogens is 2. The highest BCUT2D eigenvalue weighted by atomic mass is 16.2. The number of carbonyl (C=O) groups excluding carboxylic acids is 1. The van der Waals surface area contributed by atoms with Crippen LogP contribution in [0.2, 0.25) is 0 Å². The third kappa shape index (κ3) is 2.80. The lowest BCUT2D eigenvalue weighted by molar-refractivity contribution is -0.120. The van der Waals surface area contributed by atoms with E-state index in [4.69, 9.17) is 5.73 Å². The number of nitrogens with two attached hydrogens (primary N) is 1.